The van der Waals surface area contributed by atoms with Crippen molar-refractivity contribution in [2.24, 2.45) is 0 Å². The quantitative estimate of drug-likeness (QED) is 0.631. The van der Waals surface area contributed by atoms with E-state index in [2.05, 4.69) is 50.6 Å². The molecule has 0 N–H and O–H groups in total. The van der Waals surface area contributed by atoms with Crippen molar-refractivity contribution in [2.75, 3.05) is 0 Å². The maximum atomic E-state index is 4.60. The van der Waals surface area contributed by atoms with Crippen molar-refractivity contribution < 1.29 is 0 Å². The van der Waals surface area contributed by atoms with Gasteiger partial charge in [-0.05, 0) is 51.1 Å². The molecular weight excluding hydrogens is 306 g/mol. The molecule has 2 aromatic heterocycles. The molecule has 88 valence electrons. The Hall–Kier alpha value is -1.45. The van der Waals surface area contributed by atoms with E-state index in [1.54, 1.807) is 11.3 Å². The lowest BCUT2D eigenvalue weighted by molar-refractivity contribution is 1.37. The van der Waals surface area contributed by atoms with Crippen LogP contribution in [0.2, 0.25) is 0 Å². The van der Waals surface area contributed by atoms with Gasteiger partial charge in [0.2, 0.25) is 0 Å². The number of fused-ring (bicyclic) bond motifs is 1. The van der Waals surface area contributed by atoms with E-state index in [0.717, 1.165) is 15.0 Å². The Bertz CT molecular complexity index is 715. The van der Waals surface area contributed by atoms with Gasteiger partial charge >= 0.3 is 0 Å². The van der Waals surface area contributed by atoms with Crippen molar-refractivity contribution >= 4 is 50.3 Å². The molecule has 3 aromatic rings. The average Bonchev–Trinajstić information content (AvgIpc) is 2.82. The molecule has 3 rings (SSSR count). The van der Waals surface area contributed by atoms with Crippen molar-refractivity contribution in [1.29, 1.82) is 0 Å². The molecule has 1 nitrogen and oxygen atoms in total. The van der Waals surface area contributed by atoms with Crippen molar-refractivity contribution in [1.82, 2.24) is 4.98 Å². The van der Waals surface area contributed by atoms with Gasteiger partial charge in [0.25, 0.3) is 0 Å². The molecule has 0 aliphatic rings. The zero-order chi connectivity index (χ0) is 12.4. The predicted molar refractivity (Wildman–Crippen MR) is 82.7 cm³/mol. The second kappa shape index (κ2) is 5.04. The molecule has 2 heterocycles. The Morgan fingerprint density at radius 3 is 2.78 bits per heavy atom. The number of aromatic nitrogens is 1. The summed E-state index contributed by atoms with van der Waals surface area (Å²) in [6.45, 7) is 0. The molecule has 0 spiro atoms. The molecule has 0 atom stereocenters. The lowest BCUT2D eigenvalue weighted by Crippen LogP contribution is -1.82. The third-order valence-electron chi connectivity index (χ3n) is 2.65. The third kappa shape index (κ3) is 2.52. The van der Waals surface area contributed by atoms with Crippen LogP contribution in [0.25, 0.3) is 23.1 Å². The van der Waals surface area contributed by atoms with Gasteiger partial charge in [-0.1, -0.05) is 30.3 Å². The van der Waals surface area contributed by atoms with E-state index in [4.69, 9.17) is 0 Å². The molecule has 0 fully saturated rings. The first-order valence-electron chi connectivity index (χ1n) is 5.59. The van der Waals surface area contributed by atoms with E-state index in [0.29, 0.717) is 0 Å². The summed E-state index contributed by atoms with van der Waals surface area (Å²) in [4.78, 5) is 4.60. The molecule has 0 bridgehead atoms. The Kier molecular flexibility index (Phi) is 3.26. The highest BCUT2D eigenvalue weighted by Gasteiger charge is 1.96. The van der Waals surface area contributed by atoms with Gasteiger partial charge in [-0.25, -0.2) is 4.98 Å². The number of hydrogen-bond donors (Lipinski definition) is 0. The van der Waals surface area contributed by atoms with Crippen molar-refractivity contribution in [3.8, 4) is 0 Å². The summed E-state index contributed by atoms with van der Waals surface area (Å²) in [5.74, 6) is 0. The molecule has 3 heteroatoms. The van der Waals surface area contributed by atoms with E-state index < -0.39 is 0 Å². The molecular formula is C15H10BrNS. The van der Waals surface area contributed by atoms with E-state index in [-0.39, 0.29) is 0 Å². The number of nitrogens with zero attached hydrogens (tertiary/aromatic N) is 1. The van der Waals surface area contributed by atoms with Crippen molar-refractivity contribution in [2.45, 2.75) is 0 Å². The predicted octanol–water partition coefficient (Wildman–Crippen LogP) is 5.23. The summed E-state index contributed by atoms with van der Waals surface area (Å²) in [6.07, 6.45) is 4.12. The minimum absolute atomic E-state index is 0.982. The highest BCUT2D eigenvalue weighted by molar-refractivity contribution is 9.11. The normalized spacial score (nSPS) is 11.4. The Labute approximate surface area is 118 Å². The van der Waals surface area contributed by atoms with Crippen LogP contribution in [0.15, 0.2) is 51.6 Å². The first-order valence-corrected chi connectivity index (χ1v) is 7.26. The number of pyridine rings is 1. The highest BCUT2D eigenvalue weighted by atomic mass is 79.9. The van der Waals surface area contributed by atoms with E-state index in [1.807, 2.05) is 30.3 Å². The van der Waals surface area contributed by atoms with E-state index in [1.165, 1.54) is 10.9 Å². The summed E-state index contributed by atoms with van der Waals surface area (Å²) >= 11 is 5.15. The largest absolute Gasteiger partial charge is 0.248 e. The number of thiophene rings is 1. The number of para-hydroxylation sites is 1. The fourth-order valence-corrected chi connectivity index (χ4v) is 2.91. The number of halogens is 1. The van der Waals surface area contributed by atoms with Crippen LogP contribution in [0, 0.1) is 0 Å². The number of hydrogen-bond acceptors (Lipinski definition) is 2. The molecule has 0 aliphatic carbocycles. The zero-order valence-corrected chi connectivity index (χ0v) is 11.9. The fourth-order valence-electron chi connectivity index (χ4n) is 1.77. The van der Waals surface area contributed by atoms with Crippen LogP contribution in [0.4, 0.5) is 0 Å². The van der Waals surface area contributed by atoms with Gasteiger partial charge in [0, 0.05) is 5.39 Å². The van der Waals surface area contributed by atoms with Gasteiger partial charge in [0.05, 0.1) is 15.0 Å². The number of rotatable bonds is 2. The van der Waals surface area contributed by atoms with E-state index in [9.17, 15) is 0 Å². The highest BCUT2D eigenvalue weighted by Crippen LogP contribution is 2.22. The van der Waals surface area contributed by atoms with Gasteiger partial charge in [-0.3, -0.25) is 0 Å². The smallest absolute Gasteiger partial charge is 0.0709 e. The Morgan fingerprint density at radius 1 is 1.06 bits per heavy atom. The topological polar surface area (TPSA) is 12.9 Å². The summed E-state index contributed by atoms with van der Waals surface area (Å²) in [6, 6.07) is 14.4. The van der Waals surface area contributed by atoms with Gasteiger partial charge in [0.15, 0.2) is 0 Å². The van der Waals surface area contributed by atoms with Crippen LogP contribution in [0.3, 0.4) is 0 Å². The fraction of sp³-hybridized carbons (Fsp3) is 0. The summed E-state index contributed by atoms with van der Waals surface area (Å²) in [5.41, 5.74) is 3.21. The van der Waals surface area contributed by atoms with Crippen LogP contribution >= 0.6 is 27.3 Å². The Morgan fingerprint density at radius 2 is 1.94 bits per heavy atom. The lowest BCUT2D eigenvalue weighted by atomic mass is 10.2. The van der Waals surface area contributed by atoms with Crippen LogP contribution in [0.5, 0.6) is 0 Å². The van der Waals surface area contributed by atoms with Gasteiger partial charge < -0.3 is 0 Å². The molecule has 0 aliphatic heterocycles. The summed E-state index contributed by atoms with van der Waals surface area (Å²) in [7, 11) is 0. The standard InChI is InChI=1S/C15H10BrNS/c16-15-9-11(10-18-15)5-7-13-8-6-12-3-1-2-4-14(12)17-13/h1-10H/b7-5+. The maximum absolute atomic E-state index is 4.60. The summed E-state index contributed by atoms with van der Waals surface area (Å²) in [5, 5.41) is 3.29. The first-order chi connectivity index (χ1) is 8.81. The third-order valence-corrected chi connectivity index (χ3v) is 4.18. The molecule has 0 saturated heterocycles. The second-order valence-corrected chi connectivity index (χ2v) is 6.24. The van der Waals surface area contributed by atoms with Crippen molar-refractivity contribution in [3.63, 3.8) is 0 Å². The molecule has 1 aromatic carbocycles. The minimum atomic E-state index is 0.982. The molecule has 0 amide bonds. The van der Waals surface area contributed by atoms with Gasteiger partial charge in [-0.15, -0.1) is 11.3 Å². The van der Waals surface area contributed by atoms with E-state index >= 15 is 0 Å². The van der Waals surface area contributed by atoms with Gasteiger partial charge in [-0.2, -0.15) is 0 Å². The maximum Gasteiger partial charge on any atom is 0.0709 e. The number of benzene rings is 1. The molecule has 18 heavy (non-hydrogen) atoms. The van der Waals surface area contributed by atoms with Crippen LogP contribution in [-0.4, -0.2) is 4.98 Å². The lowest BCUT2D eigenvalue weighted by Gasteiger charge is -1.97. The Balaban J connectivity index is 1.93. The summed E-state index contributed by atoms with van der Waals surface area (Å²) < 4.78 is 1.15. The molecule has 0 unspecified atom stereocenters. The average molecular weight is 316 g/mol. The van der Waals surface area contributed by atoms with Crippen molar-refractivity contribution in [3.05, 3.63) is 62.9 Å². The zero-order valence-electron chi connectivity index (χ0n) is 9.51. The molecule has 0 radical (unpaired) electrons. The van der Waals surface area contributed by atoms with Crippen LogP contribution in [-0.2, 0) is 0 Å². The van der Waals surface area contributed by atoms with Crippen LogP contribution < -0.4 is 0 Å². The SMILES string of the molecule is Brc1cc(/C=C/c2ccc3ccccc3n2)cs1. The monoisotopic (exact) mass is 315 g/mol. The van der Waals surface area contributed by atoms with Crippen LogP contribution in [0.1, 0.15) is 11.3 Å². The second-order valence-electron chi connectivity index (χ2n) is 3.95. The minimum Gasteiger partial charge on any atom is -0.248 e. The molecule has 0 saturated carbocycles. The van der Waals surface area contributed by atoms with Gasteiger partial charge in [0.1, 0.15) is 0 Å². The first kappa shape index (κ1) is 11.6.